The van der Waals surface area contributed by atoms with E-state index in [1.807, 2.05) is 26.0 Å². The van der Waals surface area contributed by atoms with Gasteiger partial charge in [0.15, 0.2) is 11.9 Å². The van der Waals surface area contributed by atoms with E-state index in [0.717, 1.165) is 11.1 Å². The number of amides is 1. The lowest BCUT2D eigenvalue weighted by Crippen LogP contribution is -2.48. The van der Waals surface area contributed by atoms with Crippen LogP contribution in [0.3, 0.4) is 0 Å². The number of hydrogen-bond donors (Lipinski definition) is 1. The molecule has 1 heterocycles. The van der Waals surface area contributed by atoms with E-state index in [4.69, 9.17) is 9.84 Å². The van der Waals surface area contributed by atoms with E-state index >= 15 is 0 Å². The number of nitrogens with zero attached hydrogens (tertiary/aromatic N) is 1. The van der Waals surface area contributed by atoms with Gasteiger partial charge < -0.3 is 14.7 Å². The van der Waals surface area contributed by atoms with Crippen molar-refractivity contribution in [3.8, 4) is 0 Å². The van der Waals surface area contributed by atoms with Crippen LogP contribution in [0.4, 0.5) is 0 Å². The van der Waals surface area contributed by atoms with Gasteiger partial charge in [0.05, 0.1) is 18.7 Å². The summed E-state index contributed by atoms with van der Waals surface area (Å²) < 4.78 is 5.17. The molecule has 1 atom stereocenters. The van der Waals surface area contributed by atoms with Crippen LogP contribution in [0, 0.1) is 13.8 Å². The molecule has 1 amide bonds. The van der Waals surface area contributed by atoms with E-state index in [1.54, 1.807) is 30.3 Å². The van der Waals surface area contributed by atoms with Gasteiger partial charge in [0, 0.05) is 17.7 Å². The van der Waals surface area contributed by atoms with Crippen LogP contribution < -0.4 is 0 Å². The second-order valence-corrected chi connectivity index (χ2v) is 6.62. The van der Waals surface area contributed by atoms with E-state index in [1.165, 1.54) is 4.90 Å². The van der Waals surface area contributed by atoms with Gasteiger partial charge in [0.2, 0.25) is 0 Å². The molecular weight excluding hydrogens is 346 g/mol. The Hall–Kier alpha value is -2.99. The van der Waals surface area contributed by atoms with Crippen LogP contribution in [-0.2, 0) is 9.53 Å². The molecule has 1 saturated heterocycles. The molecule has 0 spiro atoms. The molecule has 0 aromatic heterocycles. The predicted octanol–water partition coefficient (Wildman–Crippen LogP) is 2.46. The Morgan fingerprint density at radius 3 is 2.41 bits per heavy atom. The summed E-state index contributed by atoms with van der Waals surface area (Å²) in [5.41, 5.74) is 3.19. The molecule has 1 aliphatic rings. The third-order valence-electron chi connectivity index (χ3n) is 4.80. The first-order valence-electron chi connectivity index (χ1n) is 8.73. The quantitative estimate of drug-likeness (QED) is 0.839. The van der Waals surface area contributed by atoms with E-state index < -0.39 is 12.1 Å². The minimum atomic E-state index is -1.10. The Balaban J connectivity index is 1.91. The molecule has 27 heavy (non-hydrogen) atoms. The van der Waals surface area contributed by atoms with Crippen LogP contribution in [0.2, 0.25) is 0 Å². The van der Waals surface area contributed by atoms with Crippen molar-refractivity contribution in [1.82, 2.24) is 4.90 Å². The molecule has 0 bridgehead atoms. The number of aryl methyl sites for hydroxylation is 2. The van der Waals surface area contributed by atoms with E-state index in [-0.39, 0.29) is 37.0 Å². The Labute approximate surface area is 157 Å². The predicted molar refractivity (Wildman–Crippen MR) is 99.1 cm³/mol. The average molecular weight is 367 g/mol. The standard InChI is InChI=1S/C21H21NO5/c1-13-7-8-15(11-14(13)2)19(23)16-5-3-4-6-17(16)20(24)22-9-10-27-18(12-22)21(25)26/h3-8,11,18H,9-10,12H2,1-2H3,(H,25,26)/t18-/m0/s1. The largest absolute Gasteiger partial charge is 0.479 e. The molecule has 6 heteroatoms. The molecule has 2 aromatic carbocycles. The molecule has 0 aliphatic carbocycles. The Bertz CT molecular complexity index is 905. The Morgan fingerprint density at radius 1 is 1.04 bits per heavy atom. The molecule has 1 fully saturated rings. The van der Waals surface area contributed by atoms with Gasteiger partial charge in [-0.25, -0.2) is 4.79 Å². The summed E-state index contributed by atoms with van der Waals surface area (Å²) in [6.07, 6.45) is -1.05. The highest BCUT2D eigenvalue weighted by atomic mass is 16.5. The van der Waals surface area contributed by atoms with Crippen molar-refractivity contribution in [3.63, 3.8) is 0 Å². The molecule has 0 unspecified atom stereocenters. The minimum absolute atomic E-state index is 0.0413. The van der Waals surface area contributed by atoms with Gasteiger partial charge >= 0.3 is 5.97 Å². The maximum atomic E-state index is 13.0. The monoisotopic (exact) mass is 367 g/mol. The van der Waals surface area contributed by atoms with Crippen molar-refractivity contribution in [1.29, 1.82) is 0 Å². The van der Waals surface area contributed by atoms with E-state index in [9.17, 15) is 14.4 Å². The molecule has 0 saturated carbocycles. The molecule has 3 rings (SSSR count). The average Bonchev–Trinajstić information content (AvgIpc) is 2.69. The number of carbonyl (C=O) groups excluding carboxylic acids is 2. The summed E-state index contributed by atoms with van der Waals surface area (Å²) in [5.74, 6) is -1.70. The number of benzene rings is 2. The summed E-state index contributed by atoms with van der Waals surface area (Å²) in [4.78, 5) is 38.6. The number of aliphatic carboxylic acids is 1. The first-order chi connectivity index (χ1) is 12.9. The zero-order chi connectivity index (χ0) is 19.6. The number of hydrogen-bond acceptors (Lipinski definition) is 4. The van der Waals surface area contributed by atoms with Gasteiger partial charge in [-0.2, -0.15) is 0 Å². The molecule has 0 radical (unpaired) electrons. The maximum Gasteiger partial charge on any atom is 0.334 e. The second-order valence-electron chi connectivity index (χ2n) is 6.62. The minimum Gasteiger partial charge on any atom is -0.479 e. The van der Waals surface area contributed by atoms with Gasteiger partial charge in [-0.15, -0.1) is 0 Å². The molecule has 6 nitrogen and oxygen atoms in total. The van der Waals surface area contributed by atoms with E-state index in [0.29, 0.717) is 11.1 Å². The van der Waals surface area contributed by atoms with Crippen LogP contribution >= 0.6 is 0 Å². The number of carboxylic acids is 1. The lowest BCUT2D eigenvalue weighted by Gasteiger charge is -2.31. The van der Waals surface area contributed by atoms with Gasteiger partial charge in [-0.3, -0.25) is 9.59 Å². The third kappa shape index (κ3) is 3.90. The van der Waals surface area contributed by atoms with Gasteiger partial charge in [-0.05, 0) is 37.1 Å². The molecular formula is C21H21NO5. The summed E-state index contributed by atoms with van der Waals surface area (Å²) in [5, 5.41) is 9.13. The van der Waals surface area contributed by atoms with Gasteiger partial charge in [-0.1, -0.05) is 30.3 Å². The Morgan fingerprint density at radius 2 is 1.74 bits per heavy atom. The normalized spacial score (nSPS) is 16.8. The first kappa shape index (κ1) is 18.8. The number of rotatable bonds is 4. The first-order valence-corrected chi connectivity index (χ1v) is 8.73. The SMILES string of the molecule is Cc1ccc(C(=O)c2ccccc2C(=O)N2CCO[C@H](C(=O)O)C2)cc1C. The zero-order valence-corrected chi connectivity index (χ0v) is 15.3. The van der Waals surface area contributed by atoms with Gasteiger partial charge in [0.25, 0.3) is 5.91 Å². The highest BCUT2D eigenvalue weighted by Crippen LogP contribution is 2.20. The van der Waals surface area contributed by atoms with Crippen molar-refractivity contribution in [2.24, 2.45) is 0 Å². The Kier molecular flexibility index (Phi) is 5.37. The second kappa shape index (κ2) is 7.72. The lowest BCUT2D eigenvalue weighted by molar-refractivity contribution is -0.154. The lowest BCUT2D eigenvalue weighted by atomic mass is 9.95. The van der Waals surface area contributed by atoms with Crippen molar-refractivity contribution < 1.29 is 24.2 Å². The fourth-order valence-electron chi connectivity index (χ4n) is 3.06. The topological polar surface area (TPSA) is 83.9 Å². The summed E-state index contributed by atoms with van der Waals surface area (Å²) in [6.45, 7) is 4.30. The van der Waals surface area contributed by atoms with Crippen LogP contribution in [0.25, 0.3) is 0 Å². The number of ether oxygens (including phenoxy) is 1. The summed E-state index contributed by atoms with van der Waals surface area (Å²) >= 11 is 0. The third-order valence-corrected chi connectivity index (χ3v) is 4.80. The molecule has 2 aromatic rings. The van der Waals surface area contributed by atoms with Gasteiger partial charge in [0.1, 0.15) is 0 Å². The fourth-order valence-corrected chi connectivity index (χ4v) is 3.06. The van der Waals surface area contributed by atoms with Crippen molar-refractivity contribution in [2.75, 3.05) is 19.7 Å². The van der Waals surface area contributed by atoms with Crippen LogP contribution in [-0.4, -0.2) is 53.5 Å². The molecule has 1 N–H and O–H groups in total. The summed E-state index contributed by atoms with van der Waals surface area (Å²) in [7, 11) is 0. The van der Waals surface area contributed by atoms with Crippen molar-refractivity contribution >= 4 is 17.7 Å². The maximum absolute atomic E-state index is 13.0. The van der Waals surface area contributed by atoms with Crippen molar-refractivity contribution in [3.05, 3.63) is 70.3 Å². The van der Waals surface area contributed by atoms with Crippen LogP contribution in [0.15, 0.2) is 42.5 Å². The number of morpholine rings is 1. The van der Waals surface area contributed by atoms with Crippen LogP contribution in [0.5, 0.6) is 0 Å². The zero-order valence-electron chi connectivity index (χ0n) is 15.3. The fraction of sp³-hybridized carbons (Fsp3) is 0.286. The van der Waals surface area contributed by atoms with Crippen molar-refractivity contribution in [2.45, 2.75) is 20.0 Å². The number of ketones is 1. The van der Waals surface area contributed by atoms with Crippen LogP contribution in [0.1, 0.15) is 37.4 Å². The molecule has 1 aliphatic heterocycles. The van der Waals surface area contributed by atoms with E-state index in [2.05, 4.69) is 0 Å². The number of carboxylic acid groups (broad SMARTS) is 1. The highest BCUT2D eigenvalue weighted by Gasteiger charge is 2.31. The molecule has 140 valence electrons. The smallest absolute Gasteiger partial charge is 0.334 e. The highest BCUT2D eigenvalue weighted by molar-refractivity contribution is 6.15. The number of carbonyl (C=O) groups is 3. The summed E-state index contributed by atoms with van der Waals surface area (Å²) in [6, 6.07) is 12.1.